The Balaban J connectivity index is 1.81. The second-order valence-corrected chi connectivity index (χ2v) is 9.35. The third-order valence-corrected chi connectivity index (χ3v) is 6.95. The minimum atomic E-state index is -0.841. The van der Waals surface area contributed by atoms with Gasteiger partial charge >= 0.3 is 5.97 Å². The molecule has 3 rings (SSSR count). The van der Waals surface area contributed by atoms with Crippen molar-refractivity contribution in [3.05, 3.63) is 81.0 Å². The fourth-order valence-electron chi connectivity index (χ4n) is 4.18. The standard InChI is InChI=1S/C27H32O5S/c1-18-24(31-2)16-22(17-25(18)32-3)27(30)21(6-4-7-23-8-5-13-33-23)14-19-9-11-20(12-10-19)15-26(28)29/h5,8-13,16-17,21,27,30H,4,6-7,14-15H2,1-3H3,(H,28,29). The first kappa shape index (κ1) is 24.8. The van der Waals surface area contributed by atoms with Gasteiger partial charge in [-0.15, -0.1) is 11.3 Å². The summed E-state index contributed by atoms with van der Waals surface area (Å²) in [5, 5.41) is 22.5. The molecule has 0 aliphatic carbocycles. The van der Waals surface area contributed by atoms with E-state index < -0.39 is 12.1 Å². The number of aliphatic carboxylic acids is 1. The monoisotopic (exact) mass is 468 g/mol. The summed E-state index contributed by atoms with van der Waals surface area (Å²) in [5.41, 5.74) is 3.53. The van der Waals surface area contributed by atoms with Crippen LogP contribution in [0.5, 0.6) is 11.5 Å². The second kappa shape index (κ2) is 11.9. The molecule has 3 aromatic rings. The van der Waals surface area contributed by atoms with Gasteiger partial charge < -0.3 is 19.7 Å². The average Bonchev–Trinajstić information content (AvgIpc) is 3.32. The summed E-state index contributed by atoms with van der Waals surface area (Å²) in [7, 11) is 3.24. The van der Waals surface area contributed by atoms with Gasteiger partial charge in [0.05, 0.1) is 26.7 Å². The number of carboxylic acid groups (broad SMARTS) is 1. The maximum atomic E-state index is 11.4. The second-order valence-electron chi connectivity index (χ2n) is 8.32. The van der Waals surface area contributed by atoms with Crippen molar-refractivity contribution >= 4 is 17.3 Å². The molecule has 0 bridgehead atoms. The van der Waals surface area contributed by atoms with E-state index in [1.54, 1.807) is 25.6 Å². The molecular formula is C27H32O5S. The minimum Gasteiger partial charge on any atom is -0.496 e. The quantitative estimate of drug-likeness (QED) is 0.361. The van der Waals surface area contributed by atoms with Crippen molar-refractivity contribution in [1.82, 2.24) is 0 Å². The molecule has 0 aliphatic rings. The van der Waals surface area contributed by atoms with Crippen molar-refractivity contribution in [3.8, 4) is 11.5 Å². The van der Waals surface area contributed by atoms with Gasteiger partial charge in [0.2, 0.25) is 0 Å². The summed E-state index contributed by atoms with van der Waals surface area (Å²) in [6.07, 6.45) is 2.83. The Morgan fingerprint density at radius 3 is 2.21 bits per heavy atom. The fraction of sp³-hybridized carbons (Fsp3) is 0.370. The van der Waals surface area contributed by atoms with Crippen LogP contribution in [0, 0.1) is 12.8 Å². The van der Waals surface area contributed by atoms with E-state index >= 15 is 0 Å². The van der Waals surface area contributed by atoms with Gasteiger partial charge in [-0.3, -0.25) is 4.79 Å². The Bertz CT molecular complexity index is 1000. The predicted octanol–water partition coefficient (Wildman–Crippen LogP) is 5.62. The molecule has 2 N–H and O–H groups in total. The van der Waals surface area contributed by atoms with Crippen LogP contribution < -0.4 is 9.47 Å². The van der Waals surface area contributed by atoms with Gasteiger partial charge in [0, 0.05) is 10.4 Å². The molecule has 2 atom stereocenters. The largest absolute Gasteiger partial charge is 0.496 e. The van der Waals surface area contributed by atoms with Gasteiger partial charge in [-0.1, -0.05) is 30.3 Å². The molecule has 1 heterocycles. The van der Waals surface area contributed by atoms with E-state index in [1.807, 2.05) is 43.3 Å². The molecule has 6 heteroatoms. The molecular weight excluding hydrogens is 436 g/mol. The SMILES string of the molecule is COc1cc(C(O)C(CCCc2cccs2)Cc2ccc(CC(=O)O)cc2)cc(OC)c1C. The number of ether oxygens (including phenoxy) is 2. The van der Waals surface area contributed by atoms with Crippen LogP contribution in [-0.2, 0) is 24.1 Å². The van der Waals surface area contributed by atoms with Crippen LogP contribution in [0.25, 0.3) is 0 Å². The lowest BCUT2D eigenvalue weighted by molar-refractivity contribution is -0.136. The lowest BCUT2D eigenvalue weighted by atomic mass is 9.85. The lowest BCUT2D eigenvalue weighted by Gasteiger charge is -2.25. The molecule has 2 aromatic carbocycles. The van der Waals surface area contributed by atoms with E-state index in [4.69, 9.17) is 14.6 Å². The summed E-state index contributed by atoms with van der Waals surface area (Å²) >= 11 is 1.76. The molecule has 2 unspecified atom stereocenters. The van der Waals surface area contributed by atoms with Gasteiger partial charge in [0.25, 0.3) is 0 Å². The Morgan fingerprint density at radius 1 is 1.03 bits per heavy atom. The number of thiophene rings is 1. The number of aryl methyl sites for hydroxylation is 1. The van der Waals surface area contributed by atoms with Gasteiger partial charge in [-0.2, -0.15) is 0 Å². The third-order valence-electron chi connectivity index (χ3n) is 6.02. The first-order valence-electron chi connectivity index (χ1n) is 11.1. The van der Waals surface area contributed by atoms with E-state index in [1.165, 1.54) is 4.88 Å². The number of rotatable bonds is 12. The zero-order valence-corrected chi connectivity index (χ0v) is 20.2. The Labute approximate surface area is 199 Å². The Morgan fingerprint density at radius 2 is 1.67 bits per heavy atom. The topological polar surface area (TPSA) is 76.0 Å². The molecule has 33 heavy (non-hydrogen) atoms. The highest BCUT2D eigenvalue weighted by Crippen LogP contribution is 2.36. The highest BCUT2D eigenvalue weighted by atomic mass is 32.1. The van der Waals surface area contributed by atoms with Crippen LogP contribution >= 0.6 is 11.3 Å². The van der Waals surface area contributed by atoms with Crippen molar-refractivity contribution in [1.29, 1.82) is 0 Å². The zero-order chi connectivity index (χ0) is 23.8. The summed E-state index contributed by atoms with van der Waals surface area (Å²) < 4.78 is 11.0. The zero-order valence-electron chi connectivity index (χ0n) is 19.4. The Hall–Kier alpha value is -2.83. The van der Waals surface area contributed by atoms with Crippen LogP contribution in [0.4, 0.5) is 0 Å². The maximum absolute atomic E-state index is 11.4. The predicted molar refractivity (Wildman–Crippen MR) is 131 cm³/mol. The van der Waals surface area contributed by atoms with E-state index in [9.17, 15) is 9.90 Å². The molecule has 0 fully saturated rings. The summed E-state index contributed by atoms with van der Waals surface area (Å²) in [5.74, 6) is 0.539. The van der Waals surface area contributed by atoms with Gasteiger partial charge in [0.1, 0.15) is 11.5 Å². The normalized spacial score (nSPS) is 12.8. The number of methoxy groups -OCH3 is 2. The third kappa shape index (κ3) is 6.83. The van der Waals surface area contributed by atoms with E-state index in [2.05, 4.69) is 17.5 Å². The van der Waals surface area contributed by atoms with Crippen molar-refractivity contribution in [2.75, 3.05) is 14.2 Å². The van der Waals surface area contributed by atoms with Crippen LogP contribution in [0.15, 0.2) is 53.9 Å². The molecule has 1 aromatic heterocycles. The molecule has 0 saturated heterocycles. The smallest absolute Gasteiger partial charge is 0.307 e. The summed E-state index contributed by atoms with van der Waals surface area (Å²) in [4.78, 5) is 12.3. The van der Waals surface area contributed by atoms with Crippen molar-refractivity contribution in [3.63, 3.8) is 0 Å². The van der Waals surface area contributed by atoms with Gasteiger partial charge in [-0.05, 0) is 78.8 Å². The first-order chi connectivity index (χ1) is 15.9. The van der Waals surface area contributed by atoms with Crippen molar-refractivity contribution < 1.29 is 24.5 Å². The summed E-state index contributed by atoms with van der Waals surface area (Å²) in [6, 6.07) is 15.6. The van der Waals surface area contributed by atoms with Crippen molar-refractivity contribution in [2.45, 2.75) is 45.1 Å². The van der Waals surface area contributed by atoms with Crippen LogP contribution in [-0.4, -0.2) is 30.4 Å². The number of aliphatic hydroxyl groups excluding tert-OH is 1. The van der Waals surface area contributed by atoms with Crippen LogP contribution in [0.2, 0.25) is 0 Å². The summed E-state index contributed by atoms with van der Waals surface area (Å²) in [6.45, 7) is 1.94. The molecule has 0 spiro atoms. The maximum Gasteiger partial charge on any atom is 0.307 e. The minimum absolute atomic E-state index is 0.00703. The number of aliphatic hydroxyl groups is 1. The number of carbonyl (C=O) groups is 1. The fourth-order valence-corrected chi connectivity index (χ4v) is 4.94. The molecule has 176 valence electrons. The molecule has 0 saturated carbocycles. The highest BCUT2D eigenvalue weighted by molar-refractivity contribution is 7.09. The van der Waals surface area contributed by atoms with E-state index in [0.29, 0.717) is 17.9 Å². The van der Waals surface area contributed by atoms with Crippen LogP contribution in [0.3, 0.4) is 0 Å². The molecule has 0 amide bonds. The van der Waals surface area contributed by atoms with Crippen LogP contribution in [0.1, 0.15) is 46.1 Å². The number of benzene rings is 2. The number of hydrogen-bond acceptors (Lipinski definition) is 5. The van der Waals surface area contributed by atoms with E-state index in [-0.39, 0.29) is 12.3 Å². The number of hydrogen-bond donors (Lipinski definition) is 2. The van der Waals surface area contributed by atoms with Crippen molar-refractivity contribution in [2.24, 2.45) is 5.92 Å². The molecule has 0 radical (unpaired) electrons. The molecule has 5 nitrogen and oxygen atoms in total. The van der Waals surface area contributed by atoms with E-state index in [0.717, 1.165) is 41.5 Å². The lowest BCUT2D eigenvalue weighted by Crippen LogP contribution is -2.16. The van der Waals surface area contributed by atoms with Gasteiger partial charge in [-0.25, -0.2) is 0 Å². The average molecular weight is 469 g/mol. The first-order valence-corrected chi connectivity index (χ1v) is 12.0. The Kier molecular flexibility index (Phi) is 8.92. The van der Waals surface area contributed by atoms with Gasteiger partial charge in [0.15, 0.2) is 0 Å². The highest BCUT2D eigenvalue weighted by Gasteiger charge is 2.24. The number of carboxylic acids is 1. The molecule has 0 aliphatic heterocycles.